The quantitative estimate of drug-likeness (QED) is 0.837. The fourth-order valence-corrected chi connectivity index (χ4v) is 2.34. The zero-order valence-electron chi connectivity index (χ0n) is 12.0. The predicted molar refractivity (Wildman–Crippen MR) is 88.7 cm³/mol. The smallest absolute Gasteiger partial charge is 0.124 e. The second-order valence-corrected chi connectivity index (χ2v) is 5.52. The van der Waals surface area contributed by atoms with E-state index in [2.05, 4.69) is 49.3 Å². The zero-order chi connectivity index (χ0) is 14.7. The number of pyridine rings is 1. The number of hydrogen-bond acceptors (Lipinski definition) is 3. The number of nitrogens with zero attached hydrogens (tertiary/aromatic N) is 1. The number of thiocarbonyl (C=S) groups is 1. The molecule has 0 aliphatic rings. The minimum absolute atomic E-state index is 0.299. The average molecular weight is 285 g/mol. The molecule has 0 amide bonds. The van der Waals surface area contributed by atoms with Crippen LogP contribution in [0.3, 0.4) is 0 Å². The summed E-state index contributed by atoms with van der Waals surface area (Å²) in [5.41, 5.74) is 10.8. The molecule has 104 valence electrons. The van der Waals surface area contributed by atoms with Crippen molar-refractivity contribution in [3.8, 4) is 0 Å². The molecule has 20 heavy (non-hydrogen) atoms. The van der Waals surface area contributed by atoms with E-state index < -0.39 is 0 Å². The van der Waals surface area contributed by atoms with E-state index in [9.17, 15) is 0 Å². The lowest BCUT2D eigenvalue weighted by Gasteiger charge is -2.18. The lowest BCUT2D eigenvalue weighted by atomic mass is 9.98. The number of para-hydroxylation sites is 1. The Hall–Kier alpha value is -1.94. The van der Waals surface area contributed by atoms with Gasteiger partial charge in [-0.2, -0.15) is 0 Å². The van der Waals surface area contributed by atoms with Gasteiger partial charge in [0.2, 0.25) is 0 Å². The highest BCUT2D eigenvalue weighted by molar-refractivity contribution is 7.80. The van der Waals surface area contributed by atoms with Crippen LogP contribution in [0.5, 0.6) is 0 Å². The molecule has 0 aliphatic carbocycles. The second-order valence-electron chi connectivity index (χ2n) is 5.08. The standard InChI is InChI=1S/C16H19N3S/c1-10(2)12-7-4-6-11(3)14(12)19-13-8-5-9-18-15(13)16(17)20/h4-10,19H,1-3H3,(H2,17,20). The van der Waals surface area contributed by atoms with Crippen molar-refractivity contribution in [2.75, 3.05) is 5.32 Å². The van der Waals surface area contributed by atoms with Crippen molar-refractivity contribution in [1.29, 1.82) is 0 Å². The Morgan fingerprint density at radius 3 is 2.65 bits per heavy atom. The molecule has 3 N–H and O–H groups in total. The summed E-state index contributed by atoms with van der Waals surface area (Å²) < 4.78 is 0. The monoisotopic (exact) mass is 285 g/mol. The molecule has 0 saturated carbocycles. The van der Waals surface area contributed by atoms with Crippen LogP contribution >= 0.6 is 12.2 Å². The van der Waals surface area contributed by atoms with Gasteiger partial charge in [-0.15, -0.1) is 0 Å². The molecule has 2 rings (SSSR count). The molecule has 1 heterocycles. The number of hydrogen-bond donors (Lipinski definition) is 2. The largest absolute Gasteiger partial charge is 0.388 e. The lowest BCUT2D eigenvalue weighted by molar-refractivity contribution is 0.867. The molecular weight excluding hydrogens is 266 g/mol. The first-order valence-corrected chi connectivity index (χ1v) is 7.03. The van der Waals surface area contributed by atoms with E-state index in [0.29, 0.717) is 16.6 Å². The van der Waals surface area contributed by atoms with Gasteiger partial charge in [0.05, 0.1) is 5.69 Å². The van der Waals surface area contributed by atoms with Crippen LogP contribution in [0.25, 0.3) is 0 Å². The molecule has 2 aromatic rings. The van der Waals surface area contributed by atoms with Crippen molar-refractivity contribution in [2.45, 2.75) is 26.7 Å². The molecule has 1 aromatic heterocycles. The van der Waals surface area contributed by atoms with E-state index in [4.69, 9.17) is 18.0 Å². The van der Waals surface area contributed by atoms with Crippen molar-refractivity contribution in [3.63, 3.8) is 0 Å². The highest BCUT2D eigenvalue weighted by Crippen LogP contribution is 2.30. The average Bonchev–Trinajstić information content (AvgIpc) is 2.41. The molecule has 0 spiro atoms. The highest BCUT2D eigenvalue weighted by atomic mass is 32.1. The van der Waals surface area contributed by atoms with Gasteiger partial charge in [-0.05, 0) is 36.1 Å². The molecular formula is C16H19N3S. The molecule has 0 saturated heterocycles. The van der Waals surface area contributed by atoms with Crippen LogP contribution in [0.15, 0.2) is 36.5 Å². The van der Waals surface area contributed by atoms with E-state index in [-0.39, 0.29) is 0 Å². The van der Waals surface area contributed by atoms with E-state index in [1.807, 2.05) is 12.1 Å². The normalized spacial score (nSPS) is 10.6. The van der Waals surface area contributed by atoms with Gasteiger partial charge in [-0.1, -0.05) is 44.3 Å². The maximum Gasteiger partial charge on any atom is 0.124 e. The minimum Gasteiger partial charge on any atom is -0.388 e. The maximum atomic E-state index is 5.73. The lowest BCUT2D eigenvalue weighted by Crippen LogP contribution is -2.14. The van der Waals surface area contributed by atoms with Gasteiger partial charge in [0.15, 0.2) is 0 Å². The Balaban J connectivity index is 2.48. The maximum absolute atomic E-state index is 5.73. The van der Waals surface area contributed by atoms with Crippen LogP contribution < -0.4 is 11.1 Å². The Morgan fingerprint density at radius 2 is 2.00 bits per heavy atom. The van der Waals surface area contributed by atoms with Crippen molar-refractivity contribution >= 4 is 28.6 Å². The molecule has 3 nitrogen and oxygen atoms in total. The third-order valence-corrected chi connectivity index (χ3v) is 3.42. The van der Waals surface area contributed by atoms with Crippen LogP contribution in [0.1, 0.15) is 36.6 Å². The number of aromatic nitrogens is 1. The van der Waals surface area contributed by atoms with Crippen LogP contribution in [-0.2, 0) is 0 Å². The second kappa shape index (κ2) is 6.01. The fraction of sp³-hybridized carbons (Fsp3) is 0.250. The molecule has 0 aliphatic heterocycles. The first-order valence-electron chi connectivity index (χ1n) is 6.62. The summed E-state index contributed by atoms with van der Waals surface area (Å²) in [5.74, 6) is 0.433. The molecule has 1 aromatic carbocycles. The number of benzene rings is 1. The van der Waals surface area contributed by atoms with Crippen molar-refractivity contribution in [3.05, 3.63) is 53.3 Å². The van der Waals surface area contributed by atoms with Gasteiger partial charge in [0.25, 0.3) is 0 Å². The summed E-state index contributed by atoms with van der Waals surface area (Å²) in [6, 6.07) is 10.1. The molecule has 4 heteroatoms. The topological polar surface area (TPSA) is 50.9 Å². The van der Waals surface area contributed by atoms with Gasteiger partial charge in [-0.25, -0.2) is 0 Å². The molecule has 0 fully saturated rings. The first kappa shape index (κ1) is 14.5. The Morgan fingerprint density at radius 1 is 1.25 bits per heavy atom. The summed E-state index contributed by atoms with van der Waals surface area (Å²) in [6.45, 7) is 6.44. The number of aryl methyl sites for hydroxylation is 1. The predicted octanol–water partition coefficient (Wildman–Crippen LogP) is 3.89. The summed E-state index contributed by atoms with van der Waals surface area (Å²) in [4.78, 5) is 4.55. The molecule has 0 unspecified atom stereocenters. The van der Waals surface area contributed by atoms with E-state index in [1.165, 1.54) is 11.1 Å². The minimum atomic E-state index is 0.299. The fourth-order valence-electron chi connectivity index (χ4n) is 2.18. The van der Waals surface area contributed by atoms with E-state index in [1.54, 1.807) is 6.20 Å². The molecule has 0 bridgehead atoms. The summed E-state index contributed by atoms with van der Waals surface area (Å²) in [5, 5.41) is 3.44. The van der Waals surface area contributed by atoms with E-state index >= 15 is 0 Å². The van der Waals surface area contributed by atoms with Gasteiger partial charge < -0.3 is 11.1 Å². The zero-order valence-corrected chi connectivity index (χ0v) is 12.8. The Bertz CT molecular complexity index is 635. The van der Waals surface area contributed by atoms with Gasteiger partial charge >= 0.3 is 0 Å². The van der Waals surface area contributed by atoms with E-state index in [0.717, 1.165) is 11.4 Å². The number of rotatable bonds is 4. The number of anilines is 2. The molecule has 0 atom stereocenters. The number of nitrogens with one attached hydrogen (secondary N) is 1. The van der Waals surface area contributed by atoms with Crippen LogP contribution in [0.2, 0.25) is 0 Å². The Labute approximate surface area is 125 Å². The summed E-state index contributed by atoms with van der Waals surface area (Å²) in [6.07, 6.45) is 1.70. The van der Waals surface area contributed by atoms with Crippen molar-refractivity contribution in [2.24, 2.45) is 5.73 Å². The van der Waals surface area contributed by atoms with Crippen molar-refractivity contribution < 1.29 is 0 Å². The van der Waals surface area contributed by atoms with Gasteiger partial charge in [-0.3, -0.25) is 4.98 Å². The Kier molecular flexibility index (Phi) is 4.35. The van der Waals surface area contributed by atoms with Crippen LogP contribution in [-0.4, -0.2) is 9.97 Å². The van der Waals surface area contributed by atoms with Crippen LogP contribution in [0.4, 0.5) is 11.4 Å². The summed E-state index contributed by atoms with van der Waals surface area (Å²) >= 11 is 5.06. The third-order valence-electron chi connectivity index (χ3n) is 3.23. The SMILES string of the molecule is Cc1cccc(C(C)C)c1Nc1cccnc1C(N)=S. The first-order chi connectivity index (χ1) is 9.50. The highest BCUT2D eigenvalue weighted by Gasteiger charge is 2.12. The van der Waals surface area contributed by atoms with Gasteiger partial charge in [0, 0.05) is 11.9 Å². The number of nitrogens with two attached hydrogens (primary N) is 1. The summed E-state index contributed by atoms with van der Waals surface area (Å²) in [7, 11) is 0. The van der Waals surface area contributed by atoms with Crippen LogP contribution in [0, 0.1) is 6.92 Å². The van der Waals surface area contributed by atoms with Crippen molar-refractivity contribution in [1.82, 2.24) is 4.98 Å². The molecule has 0 radical (unpaired) electrons. The van der Waals surface area contributed by atoms with Gasteiger partial charge in [0.1, 0.15) is 10.7 Å². The third kappa shape index (κ3) is 2.96.